The van der Waals surface area contributed by atoms with Crippen LogP contribution in [0.5, 0.6) is 5.75 Å². The quantitative estimate of drug-likeness (QED) is 0.707. The second kappa shape index (κ2) is 5.09. The Labute approximate surface area is 130 Å². The first-order chi connectivity index (χ1) is 10.8. The molecule has 3 heterocycles. The molecule has 0 saturated heterocycles. The Morgan fingerprint density at radius 1 is 1.05 bits per heavy atom. The molecule has 0 amide bonds. The normalized spacial score (nSPS) is 12.8. The molecule has 22 heavy (non-hydrogen) atoms. The average Bonchev–Trinajstić information content (AvgIpc) is 3.18. The molecule has 1 aromatic carbocycles. The Morgan fingerprint density at radius 2 is 1.82 bits per heavy atom. The van der Waals surface area contributed by atoms with Gasteiger partial charge in [0.2, 0.25) is 0 Å². The van der Waals surface area contributed by atoms with Gasteiger partial charge < -0.3 is 13.9 Å². The Bertz CT molecular complexity index is 809. The zero-order valence-electron chi connectivity index (χ0n) is 13.0. The van der Waals surface area contributed by atoms with Gasteiger partial charge >= 0.3 is 0 Å². The molecule has 0 N–H and O–H groups in total. The third-order valence-electron chi connectivity index (χ3n) is 4.59. The van der Waals surface area contributed by atoms with Crippen LogP contribution in [0.3, 0.4) is 0 Å². The van der Waals surface area contributed by atoms with Crippen molar-refractivity contribution in [1.29, 1.82) is 0 Å². The molecule has 0 spiro atoms. The SMILES string of the molecule is CCc1c(-c2ccc(OC)cc2)cn2c1-c1cccn1CC2. The second-order valence-corrected chi connectivity index (χ2v) is 5.73. The molecule has 1 aliphatic heterocycles. The first kappa shape index (κ1) is 13.3. The topological polar surface area (TPSA) is 19.1 Å². The van der Waals surface area contributed by atoms with E-state index >= 15 is 0 Å². The smallest absolute Gasteiger partial charge is 0.118 e. The van der Waals surface area contributed by atoms with E-state index in [1.165, 1.54) is 28.1 Å². The van der Waals surface area contributed by atoms with E-state index in [9.17, 15) is 0 Å². The van der Waals surface area contributed by atoms with Crippen LogP contribution in [0.25, 0.3) is 22.5 Å². The van der Waals surface area contributed by atoms with Crippen LogP contribution in [0.1, 0.15) is 12.5 Å². The van der Waals surface area contributed by atoms with Crippen LogP contribution in [-0.4, -0.2) is 16.2 Å². The van der Waals surface area contributed by atoms with Crippen LogP contribution >= 0.6 is 0 Å². The minimum Gasteiger partial charge on any atom is -0.497 e. The van der Waals surface area contributed by atoms with Crippen molar-refractivity contribution >= 4 is 0 Å². The monoisotopic (exact) mass is 292 g/mol. The van der Waals surface area contributed by atoms with Crippen molar-refractivity contribution in [3.63, 3.8) is 0 Å². The fourth-order valence-corrected chi connectivity index (χ4v) is 3.49. The van der Waals surface area contributed by atoms with Crippen LogP contribution in [0.15, 0.2) is 48.8 Å². The summed E-state index contributed by atoms with van der Waals surface area (Å²) in [4.78, 5) is 0. The average molecular weight is 292 g/mol. The van der Waals surface area contributed by atoms with Gasteiger partial charge in [0.25, 0.3) is 0 Å². The number of ether oxygens (including phenoxy) is 1. The molecular weight excluding hydrogens is 272 g/mol. The van der Waals surface area contributed by atoms with Gasteiger partial charge in [-0.15, -0.1) is 0 Å². The van der Waals surface area contributed by atoms with Gasteiger partial charge in [0.1, 0.15) is 5.75 Å². The minimum atomic E-state index is 0.902. The van der Waals surface area contributed by atoms with Gasteiger partial charge in [-0.1, -0.05) is 19.1 Å². The van der Waals surface area contributed by atoms with Crippen molar-refractivity contribution in [3.05, 3.63) is 54.4 Å². The summed E-state index contributed by atoms with van der Waals surface area (Å²) in [5.41, 5.74) is 6.75. The van der Waals surface area contributed by atoms with E-state index < -0.39 is 0 Å². The summed E-state index contributed by atoms with van der Waals surface area (Å²) in [6.07, 6.45) is 5.53. The Kier molecular flexibility index (Phi) is 3.07. The highest BCUT2D eigenvalue weighted by atomic mass is 16.5. The number of fused-ring (bicyclic) bond motifs is 3. The number of aryl methyl sites for hydroxylation is 2. The fourth-order valence-electron chi connectivity index (χ4n) is 3.49. The number of methoxy groups -OCH3 is 1. The van der Waals surface area contributed by atoms with Gasteiger partial charge in [-0.3, -0.25) is 0 Å². The summed E-state index contributed by atoms with van der Waals surface area (Å²) in [6.45, 7) is 4.33. The highest BCUT2D eigenvalue weighted by Crippen LogP contribution is 2.37. The van der Waals surface area contributed by atoms with Crippen molar-refractivity contribution in [2.45, 2.75) is 26.4 Å². The lowest BCUT2D eigenvalue weighted by Crippen LogP contribution is -2.15. The van der Waals surface area contributed by atoms with Gasteiger partial charge in [0, 0.05) is 31.0 Å². The maximum atomic E-state index is 5.27. The molecule has 3 nitrogen and oxygen atoms in total. The number of hydrogen-bond donors (Lipinski definition) is 0. The lowest BCUT2D eigenvalue weighted by molar-refractivity contribution is 0.415. The maximum absolute atomic E-state index is 5.27. The first-order valence-electron chi connectivity index (χ1n) is 7.83. The van der Waals surface area contributed by atoms with Crippen molar-refractivity contribution in [2.75, 3.05) is 7.11 Å². The maximum Gasteiger partial charge on any atom is 0.118 e. The Hall–Kier alpha value is -2.42. The zero-order chi connectivity index (χ0) is 15.1. The van der Waals surface area contributed by atoms with Crippen LogP contribution in [-0.2, 0) is 19.5 Å². The predicted octanol–water partition coefficient (Wildman–Crippen LogP) is 4.21. The molecule has 0 atom stereocenters. The molecule has 0 radical (unpaired) electrons. The van der Waals surface area contributed by atoms with Crippen molar-refractivity contribution in [2.24, 2.45) is 0 Å². The molecule has 112 valence electrons. The minimum absolute atomic E-state index is 0.902. The van der Waals surface area contributed by atoms with Gasteiger partial charge in [0.05, 0.1) is 18.5 Å². The van der Waals surface area contributed by atoms with Crippen LogP contribution < -0.4 is 4.74 Å². The molecule has 1 aliphatic rings. The van der Waals surface area contributed by atoms with Gasteiger partial charge in [-0.25, -0.2) is 0 Å². The van der Waals surface area contributed by atoms with Gasteiger partial charge in [-0.2, -0.15) is 0 Å². The molecule has 0 bridgehead atoms. The van der Waals surface area contributed by atoms with Crippen molar-refractivity contribution in [1.82, 2.24) is 9.13 Å². The lowest BCUT2D eigenvalue weighted by Gasteiger charge is -2.20. The first-order valence-corrected chi connectivity index (χ1v) is 7.83. The molecular formula is C19H20N2O. The van der Waals surface area contributed by atoms with E-state index in [0.29, 0.717) is 0 Å². The molecule has 0 aliphatic carbocycles. The Morgan fingerprint density at radius 3 is 2.55 bits per heavy atom. The standard InChI is InChI=1S/C19H20N2O/c1-3-16-17(14-6-8-15(22-2)9-7-14)13-21-12-11-20-10-4-5-18(20)19(16)21/h4-10,13H,3,11-12H2,1-2H3. The van der Waals surface area contributed by atoms with Crippen LogP contribution in [0.2, 0.25) is 0 Å². The van der Waals surface area contributed by atoms with E-state index in [2.05, 4.69) is 52.7 Å². The van der Waals surface area contributed by atoms with Gasteiger partial charge in [0.15, 0.2) is 0 Å². The van der Waals surface area contributed by atoms with Crippen LogP contribution in [0.4, 0.5) is 0 Å². The number of hydrogen-bond acceptors (Lipinski definition) is 1. The number of nitrogens with zero attached hydrogens (tertiary/aromatic N) is 2. The number of aromatic nitrogens is 2. The summed E-state index contributed by atoms with van der Waals surface area (Å²) in [6, 6.07) is 12.7. The summed E-state index contributed by atoms with van der Waals surface area (Å²) >= 11 is 0. The molecule has 3 aromatic rings. The molecule has 2 aromatic heterocycles. The van der Waals surface area contributed by atoms with E-state index in [4.69, 9.17) is 4.74 Å². The molecule has 0 unspecified atom stereocenters. The van der Waals surface area contributed by atoms with E-state index in [0.717, 1.165) is 25.3 Å². The van der Waals surface area contributed by atoms with Crippen molar-refractivity contribution in [3.8, 4) is 28.3 Å². The zero-order valence-corrected chi connectivity index (χ0v) is 13.0. The number of benzene rings is 1. The second-order valence-electron chi connectivity index (χ2n) is 5.73. The fraction of sp³-hybridized carbons (Fsp3) is 0.263. The van der Waals surface area contributed by atoms with Crippen molar-refractivity contribution < 1.29 is 4.74 Å². The Balaban J connectivity index is 1.88. The molecule has 3 heteroatoms. The van der Waals surface area contributed by atoms with E-state index in [1.54, 1.807) is 7.11 Å². The van der Waals surface area contributed by atoms with Crippen LogP contribution in [0, 0.1) is 0 Å². The molecule has 4 rings (SSSR count). The molecule has 0 saturated carbocycles. The highest BCUT2D eigenvalue weighted by Gasteiger charge is 2.22. The molecule has 0 fully saturated rings. The predicted molar refractivity (Wildman–Crippen MR) is 89.2 cm³/mol. The van der Waals surface area contributed by atoms with E-state index in [-0.39, 0.29) is 0 Å². The summed E-state index contributed by atoms with van der Waals surface area (Å²) in [5, 5.41) is 0. The third kappa shape index (κ3) is 1.89. The highest BCUT2D eigenvalue weighted by molar-refractivity contribution is 5.77. The summed E-state index contributed by atoms with van der Waals surface area (Å²) in [7, 11) is 1.71. The lowest BCUT2D eigenvalue weighted by atomic mass is 10.00. The third-order valence-corrected chi connectivity index (χ3v) is 4.59. The summed E-state index contributed by atoms with van der Waals surface area (Å²) in [5.74, 6) is 0.902. The summed E-state index contributed by atoms with van der Waals surface area (Å²) < 4.78 is 10.0. The largest absolute Gasteiger partial charge is 0.497 e. The van der Waals surface area contributed by atoms with E-state index in [1.807, 2.05) is 12.1 Å². The number of rotatable bonds is 3. The van der Waals surface area contributed by atoms with Gasteiger partial charge in [-0.05, 0) is 41.8 Å².